The van der Waals surface area contributed by atoms with Gasteiger partial charge >= 0.3 is 0 Å². The largest absolute Gasteiger partial charge is 0.491 e. The van der Waals surface area contributed by atoms with E-state index in [1.807, 2.05) is 19.1 Å². The van der Waals surface area contributed by atoms with E-state index in [1.165, 1.54) is 12.0 Å². The highest BCUT2D eigenvalue weighted by Gasteiger charge is 2.23. The lowest BCUT2D eigenvalue weighted by atomic mass is 9.92. The number of rotatable bonds is 5. The number of ether oxygens (including phenoxy) is 1. The molecule has 1 fully saturated rings. The van der Waals surface area contributed by atoms with Crippen LogP contribution in [0, 0.1) is 25.7 Å². The van der Waals surface area contributed by atoms with E-state index < -0.39 is 6.10 Å². The number of hydrogen-bond donors (Lipinski definition) is 1. The SMILES string of the molecule is Cc1ccc(OC[C@@H](O)CN2C[C@@H](C)C[C@H](C)C2)c(C)c1. The van der Waals surface area contributed by atoms with Crippen molar-refractivity contribution in [1.29, 1.82) is 0 Å². The third-order valence-electron chi connectivity index (χ3n) is 4.18. The van der Waals surface area contributed by atoms with Crippen LogP contribution >= 0.6 is 0 Å². The van der Waals surface area contributed by atoms with Crippen molar-refractivity contribution in [3.8, 4) is 5.75 Å². The van der Waals surface area contributed by atoms with E-state index in [1.54, 1.807) is 0 Å². The maximum Gasteiger partial charge on any atom is 0.122 e. The number of piperidine rings is 1. The molecule has 3 heteroatoms. The van der Waals surface area contributed by atoms with Crippen LogP contribution in [-0.2, 0) is 0 Å². The van der Waals surface area contributed by atoms with Crippen LogP contribution in [-0.4, -0.2) is 42.4 Å². The van der Waals surface area contributed by atoms with E-state index in [9.17, 15) is 5.11 Å². The van der Waals surface area contributed by atoms with E-state index in [4.69, 9.17) is 4.74 Å². The number of β-amino-alcohol motifs (C(OH)–C–C–N with tert-alkyl or cyclic N) is 1. The molecule has 0 unspecified atom stereocenters. The van der Waals surface area contributed by atoms with Gasteiger partial charge in [0, 0.05) is 19.6 Å². The lowest BCUT2D eigenvalue weighted by molar-refractivity contribution is 0.0427. The second kappa shape index (κ2) is 7.28. The number of likely N-dealkylation sites (tertiary alicyclic amines) is 1. The molecule has 118 valence electrons. The smallest absolute Gasteiger partial charge is 0.122 e. The molecule has 0 amide bonds. The zero-order valence-corrected chi connectivity index (χ0v) is 13.8. The fraction of sp³-hybridized carbons (Fsp3) is 0.667. The van der Waals surface area contributed by atoms with Crippen molar-refractivity contribution < 1.29 is 9.84 Å². The Morgan fingerprint density at radius 3 is 2.52 bits per heavy atom. The third-order valence-corrected chi connectivity index (χ3v) is 4.18. The number of aryl methyl sites for hydroxylation is 2. The minimum Gasteiger partial charge on any atom is -0.491 e. The van der Waals surface area contributed by atoms with Crippen LogP contribution in [0.4, 0.5) is 0 Å². The summed E-state index contributed by atoms with van der Waals surface area (Å²) in [6, 6.07) is 6.14. The van der Waals surface area contributed by atoms with Crippen molar-refractivity contribution in [2.45, 2.75) is 40.2 Å². The fourth-order valence-corrected chi connectivity index (χ4v) is 3.44. The molecule has 1 N–H and O–H groups in total. The Hall–Kier alpha value is -1.06. The van der Waals surface area contributed by atoms with Crippen molar-refractivity contribution in [3.05, 3.63) is 29.3 Å². The summed E-state index contributed by atoms with van der Waals surface area (Å²) >= 11 is 0. The Morgan fingerprint density at radius 2 is 1.90 bits per heavy atom. The fourth-order valence-electron chi connectivity index (χ4n) is 3.44. The first-order valence-corrected chi connectivity index (χ1v) is 8.04. The zero-order chi connectivity index (χ0) is 15.4. The van der Waals surface area contributed by atoms with Crippen LogP contribution in [0.2, 0.25) is 0 Å². The van der Waals surface area contributed by atoms with Gasteiger partial charge in [-0.1, -0.05) is 31.5 Å². The standard InChI is InChI=1S/C18H29NO2/c1-13-5-6-18(16(4)8-13)21-12-17(20)11-19-9-14(2)7-15(3)10-19/h5-6,8,14-15,17,20H,7,9-12H2,1-4H3/t14-,15-,17-/m0/s1. The highest BCUT2D eigenvalue weighted by molar-refractivity contribution is 5.35. The summed E-state index contributed by atoms with van der Waals surface area (Å²) in [5.41, 5.74) is 2.36. The van der Waals surface area contributed by atoms with E-state index >= 15 is 0 Å². The van der Waals surface area contributed by atoms with E-state index in [-0.39, 0.29) is 0 Å². The molecule has 0 aromatic heterocycles. The predicted molar refractivity (Wildman–Crippen MR) is 86.8 cm³/mol. The summed E-state index contributed by atoms with van der Waals surface area (Å²) in [6.07, 6.45) is 0.870. The first-order valence-electron chi connectivity index (χ1n) is 8.04. The summed E-state index contributed by atoms with van der Waals surface area (Å²) in [6.45, 7) is 12.0. The summed E-state index contributed by atoms with van der Waals surface area (Å²) in [5.74, 6) is 2.32. The van der Waals surface area contributed by atoms with Crippen LogP contribution in [0.5, 0.6) is 5.75 Å². The van der Waals surface area contributed by atoms with Crippen molar-refractivity contribution in [2.24, 2.45) is 11.8 Å². The number of benzene rings is 1. The van der Waals surface area contributed by atoms with Crippen LogP contribution in [0.15, 0.2) is 18.2 Å². The maximum absolute atomic E-state index is 10.2. The molecule has 0 saturated carbocycles. The number of aliphatic hydroxyl groups excluding tert-OH is 1. The second-order valence-corrected chi connectivity index (χ2v) is 6.90. The minimum absolute atomic E-state index is 0.364. The Labute approximate surface area is 128 Å². The molecule has 3 nitrogen and oxygen atoms in total. The van der Waals surface area contributed by atoms with Crippen LogP contribution < -0.4 is 4.74 Å². The monoisotopic (exact) mass is 291 g/mol. The average Bonchev–Trinajstić information content (AvgIpc) is 2.36. The molecule has 0 spiro atoms. The van der Waals surface area contributed by atoms with Gasteiger partial charge in [0.1, 0.15) is 18.5 Å². The van der Waals surface area contributed by atoms with Crippen LogP contribution in [0.3, 0.4) is 0 Å². The predicted octanol–water partition coefficient (Wildman–Crippen LogP) is 3.02. The normalized spacial score (nSPS) is 24.8. The van der Waals surface area contributed by atoms with Gasteiger partial charge < -0.3 is 14.7 Å². The molecule has 1 aliphatic heterocycles. The summed E-state index contributed by atoms with van der Waals surface area (Å²) in [5, 5.41) is 10.2. The van der Waals surface area contributed by atoms with Gasteiger partial charge in [0.05, 0.1) is 0 Å². The minimum atomic E-state index is -0.428. The van der Waals surface area contributed by atoms with Gasteiger partial charge in [-0.05, 0) is 43.7 Å². The summed E-state index contributed by atoms with van der Waals surface area (Å²) in [4.78, 5) is 2.37. The van der Waals surface area contributed by atoms with Gasteiger partial charge in [-0.2, -0.15) is 0 Å². The molecular weight excluding hydrogens is 262 g/mol. The highest BCUT2D eigenvalue weighted by atomic mass is 16.5. The first kappa shape index (κ1) is 16.3. The van der Waals surface area contributed by atoms with Gasteiger partial charge in [-0.3, -0.25) is 0 Å². The Bertz CT molecular complexity index is 451. The van der Waals surface area contributed by atoms with Crippen LogP contribution in [0.1, 0.15) is 31.4 Å². The Balaban J connectivity index is 1.80. The molecule has 0 radical (unpaired) electrons. The van der Waals surface area contributed by atoms with Gasteiger partial charge in [-0.25, -0.2) is 0 Å². The quantitative estimate of drug-likeness (QED) is 0.905. The topological polar surface area (TPSA) is 32.7 Å². The maximum atomic E-state index is 10.2. The van der Waals surface area contributed by atoms with Crippen molar-refractivity contribution >= 4 is 0 Å². The molecule has 0 aliphatic carbocycles. The highest BCUT2D eigenvalue weighted by Crippen LogP contribution is 2.22. The third kappa shape index (κ3) is 5.01. The van der Waals surface area contributed by atoms with Gasteiger partial charge in [0.15, 0.2) is 0 Å². The molecule has 1 aromatic rings. The van der Waals surface area contributed by atoms with E-state index in [0.29, 0.717) is 13.2 Å². The Morgan fingerprint density at radius 1 is 1.24 bits per heavy atom. The van der Waals surface area contributed by atoms with Crippen molar-refractivity contribution in [1.82, 2.24) is 4.90 Å². The lowest BCUT2D eigenvalue weighted by Gasteiger charge is -2.35. The second-order valence-electron chi connectivity index (χ2n) is 6.90. The van der Waals surface area contributed by atoms with Crippen molar-refractivity contribution in [2.75, 3.05) is 26.2 Å². The Kier molecular flexibility index (Phi) is 5.65. The first-order chi connectivity index (χ1) is 9.94. The molecule has 1 aliphatic rings. The number of aliphatic hydroxyl groups is 1. The molecule has 3 atom stereocenters. The van der Waals surface area contributed by atoms with Gasteiger partial charge in [-0.15, -0.1) is 0 Å². The molecule has 1 aromatic carbocycles. The number of hydrogen-bond acceptors (Lipinski definition) is 3. The molecule has 0 bridgehead atoms. The molecule has 2 rings (SSSR count). The molecular formula is C18H29NO2. The van der Waals surface area contributed by atoms with Gasteiger partial charge in [0.2, 0.25) is 0 Å². The summed E-state index contributed by atoms with van der Waals surface area (Å²) < 4.78 is 5.77. The molecule has 1 saturated heterocycles. The molecule has 21 heavy (non-hydrogen) atoms. The van der Waals surface area contributed by atoms with E-state index in [2.05, 4.69) is 31.7 Å². The van der Waals surface area contributed by atoms with E-state index in [0.717, 1.165) is 36.2 Å². The average molecular weight is 291 g/mol. The number of nitrogens with zero attached hydrogens (tertiary/aromatic N) is 1. The molecule has 1 heterocycles. The summed E-state index contributed by atoms with van der Waals surface area (Å²) in [7, 11) is 0. The van der Waals surface area contributed by atoms with Crippen LogP contribution in [0.25, 0.3) is 0 Å². The van der Waals surface area contributed by atoms with Gasteiger partial charge in [0.25, 0.3) is 0 Å². The lowest BCUT2D eigenvalue weighted by Crippen LogP contribution is -2.44. The van der Waals surface area contributed by atoms with Crippen molar-refractivity contribution in [3.63, 3.8) is 0 Å². The zero-order valence-electron chi connectivity index (χ0n) is 13.8.